The Hall–Kier alpha value is -4.05. The maximum atomic E-state index is 10.7. The molecule has 1 atom stereocenters. The third-order valence-corrected chi connectivity index (χ3v) is 7.41. The molecular weight excluding hydrogens is 542 g/mol. The van der Waals surface area contributed by atoms with Gasteiger partial charge in [-0.15, -0.1) is 11.3 Å². The number of anilines is 2. The molecule has 1 unspecified atom stereocenters. The molecule has 0 bridgehead atoms. The minimum atomic E-state index is -1.45. The Morgan fingerprint density at radius 3 is 2.73 bits per heavy atom. The van der Waals surface area contributed by atoms with E-state index in [0.29, 0.717) is 44.0 Å². The zero-order chi connectivity index (χ0) is 29.2. The molecule has 0 aliphatic carbocycles. The van der Waals surface area contributed by atoms with Crippen LogP contribution < -0.4 is 20.7 Å². The normalized spacial score (nSPS) is 11.8. The van der Waals surface area contributed by atoms with E-state index in [2.05, 4.69) is 33.1 Å². The maximum Gasteiger partial charge on any atom is 0.333 e. The van der Waals surface area contributed by atoms with Crippen LogP contribution in [0.4, 0.5) is 11.4 Å². The molecule has 214 valence electrons. The van der Waals surface area contributed by atoms with Gasteiger partial charge in [0.2, 0.25) is 0 Å². The smallest absolute Gasteiger partial charge is 0.333 e. The number of aliphatic carboxylic acids is 1. The van der Waals surface area contributed by atoms with Crippen LogP contribution in [0.2, 0.25) is 0 Å². The molecule has 41 heavy (non-hydrogen) atoms. The minimum absolute atomic E-state index is 0.0426. The number of fused-ring (bicyclic) bond motifs is 1. The Balaban J connectivity index is 1.47. The van der Waals surface area contributed by atoms with E-state index < -0.39 is 12.1 Å². The number of pyridine rings is 1. The first-order chi connectivity index (χ1) is 19.9. The third-order valence-electron chi connectivity index (χ3n) is 6.50. The van der Waals surface area contributed by atoms with Gasteiger partial charge in [-0.1, -0.05) is 24.3 Å². The predicted octanol–water partition coefficient (Wildman–Crippen LogP) is 3.77. The molecule has 11 heteroatoms. The van der Waals surface area contributed by atoms with Gasteiger partial charge in [0, 0.05) is 42.5 Å². The van der Waals surface area contributed by atoms with Crippen molar-refractivity contribution in [1.82, 2.24) is 15.6 Å². The first kappa shape index (κ1) is 29.9. The number of nitrogens with zero attached hydrogens (tertiary/aromatic N) is 2. The average molecular weight is 576 g/mol. The molecule has 4 aromatic rings. The van der Waals surface area contributed by atoms with Crippen LogP contribution in [-0.2, 0) is 11.3 Å². The first-order valence-electron chi connectivity index (χ1n) is 13.2. The third kappa shape index (κ3) is 7.58. The summed E-state index contributed by atoms with van der Waals surface area (Å²) < 4.78 is 6.97. The molecule has 4 rings (SSSR count). The van der Waals surface area contributed by atoms with Gasteiger partial charge in [-0.3, -0.25) is 4.98 Å². The number of hydrogen-bond acceptors (Lipinski definition) is 10. The standard InChI is InChI=1S/C30H33N5O5S/c1-19-21(22-6-3-8-27(23(22)14-31)40-12-4-9-32-17-26(37)30(38)39)5-2-7-24(19)35-25-18-41-28-13-20(15-33-10-11-36)16-34-29(25)28/h2-3,5-8,13,16,18,26,32-33,35-37H,4,9-12,15,17H2,1H3,(H,38,39). The summed E-state index contributed by atoms with van der Waals surface area (Å²) in [6, 6.07) is 15.8. The van der Waals surface area contributed by atoms with E-state index in [4.69, 9.17) is 14.9 Å². The summed E-state index contributed by atoms with van der Waals surface area (Å²) in [7, 11) is 0. The van der Waals surface area contributed by atoms with Gasteiger partial charge in [-0.25, -0.2) is 4.79 Å². The summed E-state index contributed by atoms with van der Waals surface area (Å²) in [6.07, 6.45) is 0.969. The molecule has 2 aromatic carbocycles. The highest BCUT2D eigenvalue weighted by Crippen LogP contribution is 2.37. The van der Waals surface area contributed by atoms with Gasteiger partial charge in [0.05, 0.1) is 23.6 Å². The molecule has 0 amide bonds. The fourth-order valence-electron chi connectivity index (χ4n) is 4.36. The second kappa shape index (κ2) is 14.5. The summed E-state index contributed by atoms with van der Waals surface area (Å²) in [6.45, 7) is 4.03. The van der Waals surface area contributed by atoms with Crippen molar-refractivity contribution in [1.29, 1.82) is 5.26 Å². The summed E-state index contributed by atoms with van der Waals surface area (Å²) in [4.78, 5) is 15.4. The number of rotatable bonds is 15. The maximum absolute atomic E-state index is 10.7. The van der Waals surface area contributed by atoms with E-state index in [9.17, 15) is 15.2 Å². The summed E-state index contributed by atoms with van der Waals surface area (Å²) in [5, 5.41) is 48.7. The Morgan fingerprint density at radius 2 is 1.95 bits per heavy atom. The van der Waals surface area contributed by atoms with E-state index in [1.54, 1.807) is 17.4 Å². The highest BCUT2D eigenvalue weighted by molar-refractivity contribution is 7.17. The summed E-state index contributed by atoms with van der Waals surface area (Å²) in [5.74, 6) is -0.789. The lowest BCUT2D eigenvalue weighted by Crippen LogP contribution is -2.33. The number of aromatic nitrogens is 1. The van der Waals surface area contributed by atoms with E-state index in [1.807, 2.05) is 48.8 Å². The van der Waals surface area contributed by atoms with Crippen LogP contribution in [0.25, 0.3) is 21.3 Å². The lowest BCUT2D eigenvalue weighted by molar-refractivity contribution is -0.146. The second-order valence-electron chi connectivity index (χ2n) is 9.39. The minimum Gasteiger partial charge on any atom is -0.492 e. The number of aliphatic hydroxyl groups excluding tert-OH is 2. The van der Waals surface area contributed by atoms with Crippen molar-refractivity contribution >= 4 is 38.9 Å². The van der Waals surface area contributed by atoms with Gasteiger partial charge in [-0.05, 0) is 54.8 Å². The van der Waals surface area contributed by atoms with Crippen molar-refractivity contribution < 1.29 is 24.9 Å². The van der Waals surface area contributed by atoms with Gasteiger partial charge in [-0.2, -0.15) is 5.26 Å². The molecule has 2 aromatic heterocycles. The van der Waals surface area contributed by atoms with Gasteiger partial charge in [0.1, 0.15) is 22.9 Å². The van der Waals surface area contributed by atoms with Crippen LogP contribution in [-0.4, -0.2) is 65.2 Å². The van der Waals surface area contributed by atoms with Crippen LogP contribution in [0.1, 0.15) is 23.1 Å². The Morgan fingerprint density at radius 1 is 1.15 bits per heavy atom. The van der Waals surface area contributed by atoms with Crippen LogP contribution in [0.3, 0.4) is 0 Å². The number of nitriles is 1. The lowest BCUT2D eigenvalue weighted by atomic mass is 9.95. The van der Waals surface area contributed by atoms with Crippen molar-refractivity contribution in [2.24, 2.45) is 0 Å². The molecule has 6 N–H and O–H groups in total. The van der Waals surface area contributed by atoms with Crippen molar-refractivity contribution in [3.63, 3.8) is 0 Å². The number of benzene rings is 2. The van der Waals surface area contributed by atoms with Gasteiger partial charge < -0.3 is 36.0 Å². The van der Waals surface area contributed by atoms with E-state index in [0.717, 1.165) is 43.8 Å². The van der Waals surface area contributed by atoms with E-state index in [-0.39, 0.29) is 13.2 Å². The number of hydrogen-bond donors (Lipinski definition) is 6. The molecule has 0 aliphatic rings. The highest BCUT2D eigenvalue weighted by atomic mass is 32.1. The van der Waals surface area contributed by atoms with Crippen LogP contribution in [0, 0.1) is 18.3 Å². The Labute approximate surface area is 242 Å². The van der Waals surface area contributed by atoms with E-state index >= 15 is 0 Å². The van der Waals surface area contributed by atoms with Crippen molar-refractivity contribution in [2.45, 2.75) is 26.0 Å². The largest absolute Gasteiger partial charge is 0.492 e. The topological polar surface area (TPSA) is 160 Å². The predicted molar refractivity (Wildman–Crippen MR) is 160 cm³/mol. The molecule has 0 saturated heterocycles. The molecule has 0 fully saturated rings. The number of carboxylic acid groups (broad SMARTS) is 1. The number of carboxylic acids is 1. The first-order valence-corrected chi connectivity index (χ1v) is 14.1. The zero-order valence-corrected chi connectivity index (χ0v) is 23.5. The fourth-order valence-corrected chi connectivity index (χ4v) is 5.27. The molecular formula is C30H33N5O5S. The number of thiophene rings is 1. The molecule has 0 spiro atoms. The van der Waals surface area contributed by atoms with Gasteiger partial charge in [0.15, 0.2) is 6.10 Å². The summed E-state index contributed by atoms with van der Waals surface area (Å²) >= 11 is 1.61. The molecule has 0 saturated carbocycles. The van der Waals surface area contributed by atoms with Crippen LogP contribution in [0.5, 0.6) is 5.75 Å². The quantitative estimate of drug-likeness (QED) is 0.115. The monoisotopic (exact) mass is 575 g/mol. The van der Waals surface area contributed by atoms with Crippen molar-refractivity contribution in [3.8, 4) is 22.9 Å². The average Bonchev–Trinajstić information content (AvgIpc) is 3.37. The SMILES string of the molecule is Cc1c(Nc2csc3cc(CNCCO)cnc23)cccc1-c1cccc(OCCCNCC(O)C(=O)O)c1C#N. The molecule has 0 aliphatic heterocycles. The van der Waals surface area contributed by atoms with Gasteiger partial charge in [0.25, 0.3) is 0 Å². The zero-order valence-electron chi connectivity index (χ0n) is 22.7. The summed E-state index contributed by atoms with van der Waals surface area (Å²) in [5.41, 5.74) is 6.83. The van der Waals surface area contributed by atoms with Crippen LogP contribution in [0.15, 0.2) is 54.0 Å². The number of carbonyl (C=O) groups is 1. The Kier molecular flexibility index (Phi) is 10.6. The van der Waals surface area contributed by atoms with Crippen molar-refractivity contribution in [2.75, 3.05) is 38.2 Å². The Bertz CT molecular complexity index is 1530. The second-order valence-corrected chi connectivity index (χ2v) is 10.3. The highest BCUT2D eigenvalue weighted by Gasteiger charge is 2.16. The van der Waals surface area contributed by atoms with Crippen LogP contribution >= 0.6 is 11.3 Å². The molecule has 10 nitrogen and oxygen atoms in total. The number of nitrogens with one attached hydrogen (secondary N) is 3. The number of ether oxygens (including phenoxy) is 1. The molecule has 2 heterocycles. The van der Waals surface area contributed by atoms with Crippen molar-refractivity contribution in [3.05, 3.63) is 70.7 Å². The van der Waals surface area contributed by atoms with E-state index in [1.165, 1.54) is 0 Å². The fraction of sp³-hybridized carbons (Fsp3) is 0.300. The number of aliphatic hydroxyl groups is 2. The lowest BCUT2D eigenvalue weighted by Gasteiger charge is -2.16. The molecule has 0 radical (unpaired) electrons. The van der Waals surface area contributed by atoms with Gasteiger partial charge >= 0.3 is 5.97 Å².